The van der Waals surface area contributed by atoms with Crippen LogP contribution in [-0.2, 0) is 13.7 Å². The van der Waals surface area contributed by atoms with E-state index in [1.807, 2.05) is 30.3 Å². The number of nitrogens with one attached hydrogen (secondary N) is 1. The van der Waals surface area contributed by atoms with E-state index in [4.69, 9.17) is 14.4 Å². The Balaban J connectivity index is 1.64. The van der Waals surface area contributed by atoms with Gasteiger partial charge in [0.2, 0.25) is 0 Å². The van der Waals surface area contributed by atoms with Crippen molar-refractivity contribution in [1.82, 2.24) is 9.78 Å². The van der Waals surface area contributed by atoms with Crippen molar-refractivity contribution >= 4 is 34.3 Å². The van der Waals surface area contributed by atoms with Gasteiger partial charge in [0.15, 0.2) is 5.76 Å². The van der Waals surface area contributed by atoms with Crippen LogP contribution in [0.1, 0.15) is 21.9 Å². The van der Waals surface area contributed by atoms with Crippen molar-refractivity contribution in [2.45, 2.75) is 6.61 Å². The largest absolute Gasteiger partial charge is 0.486 e. The van der Waals surface area contributed by atoms with Gasteiger partial charge in [0.1, 0.15) is 35.6 Å². The van der Waals surface area contributed by atoms with Crippen LogP contribution in [-0.4, -0.2) is 15.7 Å². The molecular formula is C17H13IN4O3. The minimum atomic E-state index is -0.458. The molecule has 8 heteroatoms. The van der Waals surface area contributed by atoms with Gasteiger partial charge in [-0.3, -0.25) is 9.48 Å². The number of anilines is 1. The molecule has 126 valence electrons. The minimum Gasteiger partial charge on any atom is -0.486 e. The van der Waals surface area contributed by atoms with Gasteiger partial charge in [-0.05, 0) is 59.0 Å². The summed E-state index contributed by atoms with van der Waals surface area (Å²) >= 11 is 2.22. The van der Waals surface area contributed by atoms with E-state index in [-0.39, 0.29) is 17.9 Å². The molecule has 1 amide bonds. The number of aromatic nitrogens is 2. The summed E-state index contributed by atoms with van der Waals surface area (Å²) in [5.41, 5.74) is 0.282. The summed E-state index contributed by atoms with van der Waals surface area (Å²) in [6.07, 6.45) is 1.39. The number of nitriles is 1. The number of rotatable bonds is 5. The molecule has 1 N–H and O–H groups in total. The SMILES string of the molecule is Cn1ncc(C#N)c1NC(=O)c1ccc(COc2ccc(I)cc2)o1. The smallest absolute Gasteiger partial charge is 0.292 e. The molecule has 0 unspecified atom stereocenters. The van der Waals surface area contributed by atoms with E-state index in [0.29, 0.717) is 11.6 Å². The second-order valence-electron chi connectivity index (χ2n) is 5.10. The summed E-state index contributed by atoms with van der Waals surface area (Å²) in [7, 11) is 1.64. The van der Waals surface area contributed by atoms with Gasteiger partial charge in [-0.15, -0.1) is 0 Å². The summed E-state index contributed by atoms with van der Waals surface area (Å²) in [4.78, 5) is 12.3. The molecule has 0 atom stereocenters. The zero-order valence-electron chi connectivity index (χ0n) is 13.2. The van der Waals surface area contributed by atoms with E-state index in [9.17, 15) is 4.79 Å². The number of hydrogen-bond donors (Lipinski definition) is 1. The third kappa shape index (κ3) is 4.00. The molecule has 0 aliphatic rings. The number of carbonyl (C=O) groups excluding carboxylic acids is 1. The van der Waals surface area contributed by atoms with Crippen molar-refractivity contribution in [3.63, 3.8) is 0 Å². The number of furan rings is 1. The van der Waals surface area contributed by atoms with Crippen molar-refractivity contribution in [1.29, 1.82) is 5.26 Å². The summed E-state index contributed by atoms with van der Waals surface area (Å²) in [5.74, 6) is 1.23. The number of nitrogens with zero attached hydrogens (tertiary/aromatic N) is 3. The Labute approximate surface area is 157 Å². The van der Waals surface area contributed by atoms with Gasteiger partial charge in [-0.25, -0.2) is 0 Å². The summed E-state index contributed by atoms with van der Waals surface area (Å²) in [6.45, 7) is 0.211. The van der Waals surface area contributed by atoms with Crippen molar-refractivity contribution in [3.05, 3.63) is 63.2 Å². The standard InChI is InChI=1S/C17H13IN4O3/c1-22-16(11(8-19)9-20-22)21-17(23)15-7-6-14(25-15)10-24-13-4-2-12(18)3-5-13/h2-7,9H,10H2,1H3,(H,21,23). The predicted octanol–water partition coefficient (Wildman–Crippen LogP) is 3.32. The Bertz CT molecular complexity index is 938. The fourth-order valence-electron chi connectivity index (χ4n) is 2.10. The van der Waals surface area contributed by atoms with E-state index in [0.717, 1.165) is 9.32 Å². The third-order valence-electron chi connectivity index (χ3n) is 3.37. The molecule has 3 aromatic rings. The van der Waals surface area contributed by atoms with Gasteiger partial charge >= 0.3 is 0 Å². The Morgan fingerprint density at radius 2 is 2.12 bits per heavy atom. The van der Waals surface area contributed by atoms with E-state index < -0.39 is 5.91 Å². The first-order valence-electron chi connectivity index (χ1n) is 7.27. The normalized spacial score (nSPS) is 10.3. The van der Waals surface area contributed by atoms with Gasteiger partial charge in [-0.1, -0.05) is 0 Å². The lowest BCUT2D eigenvalue weighted by Gasteiger charge is -2.05. The number of ether oxygens (including phenoxy) is 1. The van der Waals surface area contributed by atoms with Crippen LogP contribution >= 0.6 is 22.6 Å². The Morgan fingerprint density at radius 1 is 1.36 bits per heavy atom. The molecule has 3 rings (SSSR count). The maximum Gasteiger partial charge on any atom is 0.292 e. The number of aryl methyl sites for hydroxylation is 1. The molecule has 0 aliphatic carbocycles. The van der Waals surface area contributed by atoms with Crippen LogP contribution in [0.25, 0.3) is 0 Å². The maximum atomic E-state index is 12.3. The molecule has 2 heterocycles. The molecule has 0 fully saturated rings. The molecule has 0 aliphatic heterocycles. The molecule has 0 saturated heterocycles. The fourth-order valence-corrected chi connectivity index (χ4v) is 2.46. The van der Waals surface area contributed by atoms with Crippen molar-refractivity contribution in [2.75, 3.05) is 5.32 Å². The minimum absolute atomic E-state index is 0.131. The van der Waals surface area contributed by atoms with Crippen LogP contribution in [0.3, 0.4) is 0 Å². The highest BCUT2D eigenvalue weighted by Crippen LogP contribution is 2.18. The molecule has 25 heavy (non-hydrogen) atoms. The second kappa shape index (κ2) is 7.40. The number of carbonyl (C=O) groups is 1. The van der Waals surface area contributed by atoms with E-state index in [1.165, 1.54) is 10.9 Å². The molecule has 0 spiro atoms. The average Bonchev–Trinajstić information content (AvgIpc) is 3.22. The Morgan fingerprint density at radius 3 is 2.84 bits per heavy atom. The molecular weight excluding hydrogens is 435 g/mol. The van der Waals surface area contributed by atoms with Crippen LogP contribution in [0.5, 0.6) is 5.75 Å². The quantitative estimate of drug-likeness (QED) is 0.605. The summed E-state index contributed by atoms with van der Waals surface area (Å²) < 4.78 is 13.7. The van der Waals surface area contributed by atoms with Crippen molar-refractivity contribution in [3.8, 4) is 11.8 Å². The topological polar surface area (TPSA) is 93.1 Å². The third-order valence-corrected chi connectivity index (χ3v) is 4.09. The second-order valence-corrected chi connectivity index (χ2v) is 6.35. The summed E-state index contributed by atoms with van der Waals surface area (Å²) in [5, 5.41) is 15.6. The first-order chi connectivity index (χ1) is 12.1. The predicted molar refractivity (Wildman–Crippen MR) is 98.1 cm³/mol. The van der Waals surface area contributed by atoms with Gasteiger partial charge in [0, 0.05) is 10.6 Å². The number of benzene rings is 1. The average molecular weight is 448 g/mol. The zero-order valence-corrected chi connectivity index (χ0v) is 15.4. The summed E-state index contributed by atoms with van der Waals surface area (Å²) in [6, 6.07) is 12.8. The number of amides is 1. The number of halogens is 1. The lowest BCUT2D eigenvalue weighted by atomic mass is 10.3. The highest BCUT2D eigenvalue weighted by molar-refractivity contribution is 14.1. The first kappa shape index (κ1) is 17.0. The highest BCUT2D eigenvalue weighted by atomic mass is 127. The molecule has 0 saturated carbocycles. The van der Waals surface area contributed by atoms with Crippen LogP contribution < -0.4 is 10.1 Å². The van der Waals surface area contributed by atoms with E-state index >= 15 is 0 Å². The lowest BCUT2D eigenvalue weighted by molar-refractivity contribution is 0.0991. The molecule has 7 nitrogen and oxygen atoms in total. The van der Waals surface area contributed by atoms with Gasteiger partial charge in [-0.2, -0.15) is 10.4 Å². The van der Waals surface area contributed by atoms with Crippen molar-refractivity contribution < 1.29 is 13.9 Å². The molecule has 2 aromatic heterocycles. The van der Waals surface area contributed by atoms with Crippen LogP contribution in [0.15, 0.2) is 47.0 Å². The maximum absolute atomic E-state index is 12.3. The van der Waals surface area contributed by atoms with Crippen LogP contribution in [0, 0.1) is 14.9 Å². The monoisotopic (exact) mass is 448 g/mol. The van der Waals surface area contributed by atoms with Gasteiger partial charge in [0.05, 0.1) is 6.20 Å². The Kier molecular flexibility index (Phi) is 5.04. The zero-order chi connectivity index (χ0) is 17.8. The first-order valence-corrected chi connectivity index (χ1v) is 8.35. The highest BCUT2D eigenvalue weighted by Gasteiger charge is 2.16. The van der Waals surface area contributed by atoms with Gasteiger partial charge < -0.3 is 14.5 Å². The van der Waals surface area contributed by atoms with Gasteiger partial charge in [0.25, 0.3) is 5.91 Å². The lowest BCUT2D eigenvalue weighted by Crippen LogP contribution is -2.14. The van der Waals surface area contributed by atoms with Crippen LogP contribution in [0.2, 0.25) is 0 Å². The van der Waals surface area contributed by atoms with Crippen molar-refractivity contribution in [2.24, 2.45) is 7.05 Å². The van der Waals surface area contributed by atoms with Crippen LogP contribution in [0.4, 0.5) is 5.82 Å². The fraction of sp³-hybridized carbons (Fsp3) is 0.118. The molecule has 1 aromatic carbocycles. The van der Waals surface area contributed by atoms with E-state index in [1.54, 1.807) is 19.2 Å². The Hall–Kier alpha value is -2.80. The number of hydrogen-bond acceptors (Lipinski definition) is 5. The molecule has 0 radical (unpaired) electrons. The molecule has 0 bridgehead atoms. The van der Waals surface area contributed by atoms with E-state index in [2.05, 4.69) is 33.0 Å².